The van der Waals surface area contributed by atoms with Crippen LogP contribution in [0.5, 0.6) is 0 Å². The van der Waals surface area contributed by atoms with Crippen LogP contribution in [-0.2, 0) is 17.1 Å². The van der Waals surface area contributed by atoms with E-state index in [1.54, 1.807) is 17.0 Å². The van der Waals surface area contributed by atoms with E-state index in [0.717, 1.165) is 4.90 Å². The topological polar surface area (TPSA) is 69.9 Å². The van der Waals surface area contributed by atoms with Gasteiger partial charge in [-0.05, 0) is 61.6 Å². The number of benzene rings is 2. The smallest absolute Gasteiger partial charge is 0.340 e. The van der Waals surface area contributed by atoms with Crippen molar-refractivity contribution in [3.05, 3.63) is 65.0 Å². The molecule has 41 heavy (non-hydrogen) atoms. The van der Waals surface area contributed by atoms with Gasteiger partial charge < -0.3 is 15.5 Å². The Hall–Kier alpha value is -3.35. The number of rotatable bonds is 4. The summed E-state index contributed by atoms with van der Waals surface area (Å²) in [7, 11) is 0. The Bertz CT molecular complexity index is 1260. The molecule has 2 unspecified atom stereocenters. The largest absolute Gasteiger partial charge is 0.416 e. The van der Waals surface area contributed by atoms with Crippen molar-refractivity contribution in [2.45, 2.75) is 56.0 Å². The molecule has 0 aromatic heterocycles. The number of urea groups is 1. The molecule has 0 bridgehead atoms. The molecule has 1 saturated carbocycles. The summed E-state index contributed by atoms with van der Waals surface area (Å²) in [4.78, 5) is 31.0. The van der Waals surface area contributed by atoms with Crippen LogP contribution in [0, 0.1) is 11.7 Å². The van der Waals surface area contributed by atoms with Crippen molar-refractivity contribution in [2.75, 3.05) is 31.1 Å². The highest BCUT2D eigenvalue weighted by molar-refractivity contribution is 5.95. The molecule has 3 aliphatic rings. The van der Waals surface area contributed by atoms with Crippen LogP contribution in [0.4, 0.5) is 41.2 Å². The molecule has 2 aliphatic heterocycles. The zero-order valence-corrected chi connectivity index (χ0v) is 21.9. The maximum atomic E-state index is 13.7. The molecule has 3 fully saturated rings. The standard InChI is InChI=1S/C28H29F7N4O2/c29-20-5-1-16(2-6-20)23-14-37(25(40)17-3-7-21(36)8-4-17)15-24(23)39-10-9-38(26(39)41)22-12-18(27(30,31)32)11-19(13-22)28(33,34)35/h1-2,5-6,11-13,17,21,23-24H,3-4,7-10,14-15,36H2. The Labute approximate surface area is 231 Å². The normalized spacial score (nSPS) is 25.8. The van der Waals surface area contributed by atoms with Gasteiger partial charge in [0.25, 0.3) is 0 Å². The third-order valence-corrected chi connectivity index (χ3v) is 8.35. The van der Waals surface area contributed by atoms with E-state index in [1.807, 2.05) is 0 Å². The number of nitrogens with zero attached hydrogens (tertiary/aromatic N) is 3. The lowest BCUT2D eigenvalue weighted by molar-refractivity contribution is -0.143. The first-order valence-corrected chi connectivity index (χ1v) is 13.4. The number of hydrogen-bond donors (Lipinski definition) is 1. The second-order valence-electron chi connectivity index (χ2n) is 11.0. The number of anilines is 1. The molecule has 1 aliphatic carbocycles. The zero-order chi connectivity index (χ0) is 29.7. The van der Waals surface area contributed by atoms with Crippen LogP contribution in [0.1, 0.15) is 48.3 Å². The van der Waals surface area contributed by atoms with E-state index in [4.69, 9.17) is 5.73 Å². The Morgan fingerprint density at radius 1 is 0.829 bits per heavy atom. The van der Waals surface area contributed by atoms with E-state index in [2.05, 4.69) is 0 Å². The second kappa shape index (κ2) is 10.8. The van der Waals surface area contributed by atoms with Crippen LogP contribution >= 0.6 is 0 Å². The number of likely N-dealkylation sites (tertiary alicyclic amines) is 1. The minimum Gasteiger partial charge on any atom is -0.340 e. The molecule has 3 amide bonds. The maximum absolute atomic E-state index is 13.7. The molecule has 2 saturated heterocycles. The van der Waals surface area contributed by atoms with Crippen molar-refractivity contribution in [1.82, 2.24) is 9.80 Å². The van der Waals surface area contributed by atoms with Crippen molar-refractivity contribution in [2.24, 2.45) is 11.7 Å². The molecule has 6 nitrogen and oxygen atoms in total. The summed E-state index contributed by atoms with van der Waals surface area (Å²) in [6.07, 6.45) is -7.41. The number of carbonyl (C=O) groups excluding carboxylic acids is 2. The predicted molar refractivity (Wildman–Crippen MR) is 135 cm³/mol. The van der Waals surface area contributed by atoms with E-state index >= 15 is 0 Å². The number of amides is 3. The Morgan fingerprint density at radius 3 is 1.98 bits per heavy atom. The highest BCUT2D eigenvalue weighted by Crippen LogP contribution is 2.41. The monoisotopic (exact) mass is 586 g/mol. The number of carbonyl (C=O) groups is 2. The van der Waals surface area contributed by atoms with Gasteiger partial charge >= 0.3 is 18.4 Å². The minimum atomic E-state index is -5.05. The summed E-state index contributed by atoms with van der Waals surface area (Å²) >= 11 is 0. The van der Waals surface area contributed by atoms with Crippen molar-refractivity contribution < 1.29 is 40.3 Å². The molecule has 2 N–H and O–H groups in total. The Morgan fingerprint density at radius 2 is 1.41 bits per heavy atom. The van der Waals surface area contributed by atoms with Gasteiger partial charge in [0.05, 0.1) is 17.2 Å². The summed E-state index contributed by atoms with van der Waals surface area (Å²) in [5, 5.41) is 0. The summed E-state index contributed by atoms with van der Waals surface area (Å²) in [5.41, 5.74) is 3.11. The molecule has 5 rings (SSSR count). The van der Waals surface area contributed by atoms with Gasteiger partial charge in [0, 0.05) is 49.7 Å². The number of alkyl halides is 6. The lowest BCUT2D eigenvalue weighted by Gasteiger charge is -2.30. The molecule has 2 atom stereocenters. The number of halogens is 7. The number of hydrogen-bond acceptors (Lipinski definition) is 3. The van der Waals surface area contributed by atoms with Crippen molar-refractivity contribution >= 4 is 17.6 Å². The summed E-state index contributed by atoms with van der Waals surface area (Å²) in [5.74, 6) is -1.20. The van der Waals surface area contributed by atoms with Gasteiger partial charge in [0.2, 0.25) is 5.91 Å². The molecule has 0 spiro atoms. The molecule has 2 aromatic carbocycles. The van der Waals surface area contributed by atoms with Gasteiger partial charge in [0.1, 0.15) is 5.82 Å². The quantitative estimate of drug-likeness (QED) is 0.474. The van der Waals surface area contributed by atoms with Gasteiger partial charge in [-0.3, -0.25) is 9.69 Å². The first kappa shape index (κ1) is 29.2. The average Bonchev–Trinajstić information content (AvgIpc) is 3.51. The second-order valence-corrected chi connectivity index (χ2v) is 11.0. The Balaban J connectivity index is 1.43. The third-order valence-electron chi connectivity index (χ3n) is 8.35. The molecule has 222 valence electrons. The van der Waals surface area contributed by atoms with E-state index in [9.17, 15) is 40.3 Å². The SMILES string of the molecule is NC1CCC(C(=O)N2CC(c3ccc(F)cc3)C(N3CCN(c4cc(C(F)(F)F)cc(C(F)(F)F)c4)C3=O)C2)CC1. The van der Waals surface area contributed by atoms with Crippen molar-refractivity contribution in [3.8, 4) is 0 Å². The van der Waals surface area contributed by atoms with Crippen LogP contribution in [0.2, 0.25) is 0 Å². The first-order chi connectivity index (χ1) is 19.2. The predicted octanol–water partition coefficient (Wildman–Crippen LogP) is 5.62. The van der Waals surface area contributed by atoms with Crippen LogP contribution in [0.25, 0.3) is 0 Å². The van der Waals surface area contributed by atoms with Crippen LogP contribution in [0.15, 0.2) is 42.5 Å². The van der Waals surface area contributed by atoms with E-state index < -0.39 is 53.0 Å². The van der Waals surface area contributed by atoms with Crippen LogP contribution in [0.3, 0.4) is 0 Å². The van der Waals surface area contributed by atoms with Gasteiger partial charge in [-0.15, -0.1) is 0 Å². The summed E-state index contributed by atoms with van der Waals surface area (Å²) in [6, 6.07) is 5.40. The van der Waals surface area contributed by atoms with Crippen LogP contribution < -0.4 is 10.6 Å². The zero-order valence-electron chi connectivity index (χ0n) is 21.9. The summed E-state index contributed by atoms with van der Waals surface area (Å²) < 4.78 is 94.4. The highest BCUT2D eigenvalue weighted by atomic mass is 19.4. The van der Waals surface area contributed by atoms with E-state index in [0.29, 0.717) is 43.4 Å². The van der Waals surface area contributed by atoms with E-state index in [-0.39, 0.29) is 50.1 Å². The molecule has 2 heterocycles. The van der Waals surface area contributed by atoms with Crippen LogP contribution in [-0.4, -0.2) is 60.0 Å². The molecular formula is C28H29F7N4O2. The fraction of sp³-hybridized carbons (Fsp3) is 0.500. The van der Waals surface area contributed by atoms with Gasteiger partial charge in [-0.25, -0.2) is 9.18 Å². The van der Waals surface area contributed by atoms with Gasteiger partial charge in [0.15, 0.2) is 0 Å². The molecule has 13 heteroatoms. The fourth-order valence-electron chi connectivity index (χ4n) is 6.14. The average molecular weight is 587 g/mol. The fourth-order valence-corrected chi connectivity index (χ4v) is 6.14. The molecule has 2 aromatic rings. The van der Waals surface area contributed by atoms with Crippen molar-refractivity contribution in [3.63, 3.8) is 0 Å². The third kappa shape index (κ3) is 6.00. The summed E-state index contributed by atoms with van der Waals surface area (Å²) in [6.45, 7) is 0.264. The highest BCUT2D eigenvalue weighted by Gasteiger charge is 2.46. The molecule has 0 radical (unpaired) electrons. The molecular weight excluding hydrogens is 557 g/mol. The first-order valence-electron chi connectivity index (χ1n) is 13.4. The van der Waals surface area contributed by atoms with Gasteiger partial charge in [-0.2, -0.15) is 26.3 Å². The maximum Gasteiger partial charge on any atom is 0.416 e. The van der Waals surface area contributed by atoms with Crippen molar-refractivity contribution in [1.29, 1.82) is 0 Å². The lowest BCUT2D eigenvalue weighted by atomic mass is 9.85. The van der Waals surface area contributed by atoms with Gasteiger partial charge in [-0.1, -0.05) is 12.1 Å². The minimum absolute atomic E-state index is 0.0188. The van der Waals surface area contributed by atoms with E-state index in [1.165, 1.54) is 17.0 Å². The Kier molecular flexibility index (Phi) is 7.68. The number of nitrogens with two attached hydrogens (primary N) is 1. The lowest BCUT2D eigenvalue weighted by Crippen LogP contribution is -2.44.